The first-order valence-corrected chi connectivity index (χ1v) is 11.6. The minimum atomic E-state index is -2.16. The molecule has 9 heteroatoms. The van der Waals surface area contributed by atoms with E-state index in [1.54, 1.807) is 66.9 Å². The van der Waals surface area contributed by atoms with E-state index in [0.717, 1.165) is 0 Å². The van der Waals surface area contributed by atoms with E-state index in [-0.39, 0.29) is 17.1 Å². The zero-order chi connectivity index (χ0) is 26.4. The van der Waals surface area contributed by atoms with E-state index >= 15 is 0 Å². The zero-order valence-electron chi connectivity index (χ0n) is 20.5. The fourth-order valence-electron chi connectivity index (χ4n) is 5.93. The summed E-state index contributed by atoms with van der Waals surface area (Å²) in [7, 11) is 4.47. The molecule has 0 aromatic heterocycles. The number of nitrogens with one attached hydrogen (secondary N) is 1. The molecule has 1 saturated carbocycles. The molecule has 2 aliphatic rings. The highest BCUT2D eigenvalue weighted by Gasteiger charge is 2.78. The normalized spacial score (nSPS) is 27.3. The van der Waals surface area contributed by atoms with Crippen LogP contribution in [0.1, 0.15) is 22.6 Å². The molecule has 3 N–H and O–H groups in total. The maximum atomic E-state index is 13.3. The number of hydrogen-bond donors (Lipinski definition) is 3. The summed E-state index contributed by atoms with van der Waals surface area (Å²) in [6, 6.07) is 19.1. The van der Waals surface area contributed by atoms with E-state index in [1.807, 2.05) is 6.07 Å². The summed E-state index contributed by atoms with van der Waals surface area (Å²) in [4.78, 5) is 13.3. The van der Waals surface area contributed by atoms with Crippen molar-refractivity contribution in [3.63, 3.8) is 0 Å². The lowest BCUT2D eigenvalue weighted by Gasteiger charge is -2.40. The first kappa shape index (κ1) is 24.4. The van der Waals surface area contributed by atoms with Gasteiger partial charge in [-0.3, -0.25) is 10.1 Å². The Morgan fingerprint density at radius 3 is 2.27 bits per heavy atom. The number of methoxy groups -OCH3 is 3. The minimum absolute atomic E-state index is 0.187. The number of carbonyl (C=O) groups is 1. The smallest absolute Gasteiger partial charge is 0.239 e. The fourth-order valence-corrected chi connectivity index (χ4v) is 5.93. The van der Waals surface area contributed by atoms with Crippen LogP contribution in [0.15, 0.2) is 66.7 Å². The molecule has 190 valence electrons. The first-order valence-electron chi connectivity index (χ1n) is 11.6. The second kappa shape index (κ2) is 9.00. The Morgan fingerprint density at radius 2 is 1.68 bits per heavy atom. The molecule has 0 saturated heterocycles. The van der Waals surface area contributed by atoms with Crippen molar-refractivity contribution in [2.75, 3.05) is 21.3 Å². The van der Waals surface area contributed by atoms with E-state index < -0.39 is 35.0 Å². The third-order valence-electron chi connectivity index (χ3n) is 7.44. The summed E-state index contributed by atoms with van der Waals surface area (Å²) in [5.74, 6) is -1.45. The van der Waals surface area contributed by atoms with Gasteiger partial charge in [-0.25, -0.2) is 0 Å². The van der Waals surface area contributed by atoms with Crippen LogP contribution in [-0.2, 0) is 16.0 Å². The number of amides is 1. The van der Waals surface area contributed by atoms with Gasteiger partial charge in [-0.1, -0.05) is 42.5 Å². The predicted molar refractivity (Wildman–Crippen MR) is 131 cm³/mol. The number of fused-ring (bicyclic) bond motifs is 3. The van der Waals surface area contributed by atoms with Crippen LogP contribution in [-0.4, -0.2) is 43.6 Å². The number of hydrogen-bond acceptors (Lipinski definition) is 8. The molecule has 37 heavy (non-hydrogen) atoms. The number of aliphatic hydroxyl groups is 2. The standard InChI is InChI=1S/C28H26N2O7/c1-34-18-11-9-17(10-12-18)28-23(16-7-5-4-6-8-16)22(26(32)30-15-29)25(31)27(28,33)24-20(36-3)13-19(35-2)14-21(24)37-28/h4-14,22-23,25,31,33H,1-3H3,(H,30,32). The number of benzene rings is 3. The van der Waals surface area contributed by atoms with Gasteiger partial charge >= 0.3 is 0 Å². The van der Waals surface area contributed by atoms with Gasteiger partial charge in [0.1, 0.15) is 29.1 Å². The summed E-state index contributed by atoms with van der Waals surface area (Å²) in [5.41, 5.74) is -2.54. The molecular weight excluding hydrogens is 476 g/mol. The third kappa shape index (κ3) is 3.26. The molecule has 0 bridgehead atoms. The van der Waals surface area contributed by atoms with E-state index in [2.05, 4.69) is 5.32 Å². The third-order valence-corrected chi connectivity index (χ3v) is 7.44. The van der Waals surface area contributed by atoms with Gasteiger partial charge in [0.05, 0.1) is 32.8 Å². The molecule has 0 radical (unpaired) electrons. The minimum Gasteiger partial charge on any atom is -0.497 e. The Labute approximate surface area is 213 Å². The van der Waals surface area contributed by atoms with Crippen LogP contribution in [0.2, 0.25) is 0 Å². The fraction of sp³-hybridized carbons (Fsp3) is 0.286. The molecule has 9 nitrogen and oxygen atoms in total. The number of carbonyl (C=O) groups excluding carboxylic acids is 1. The van der Waals surface area contributed by atoms with Crippen molar-refractivity contribution < 1.29 is 34.0 Å². The number of nitrogens with zero attached hydrogens (tertiary/aromatic N) is 1. The van der Waals surface area contributed by atoms with Crippen molar-refractivity contribution in [2.45, 2.75) is 23.2 Å². The van der Waals surface area contributed by atoms with E-state index in [0.29, 0.717) is 22.6 Å². The quantitative estimate of drug-likeness (QED) is 0.346. The van der Waals surface area contributed by atoms with Gasteiger partial charge in [0.2, 0.25) is 5.91 Å². The largest absolute Gasteiger partial charge is 0.497 e. The van der Waals surface area contributed by atoms with E-state index in [1.165, 1.54) is 21.3 Å². The predicted octanol–water partition coefficient (Wildman–Crippen LogP) is 2.56. The Balaban J connectivity index is 1.88. The van der Waals surface area contributed by atoms with Crippen LogP contribution < -0.4 is 24.3 Å². The molecule has 1 aliphatic heterocycles. The summed E-state index contributed by atoms with van der Waals surface area (Å²) < 4.78 is 23.1. The Kier molecular flexibility index (Phi) is 5.94. The molecule has 1 fully saturated rings. The monoisotopic (exact) mass is 502 g/mol. The number of aliphatic hydroxyl groups excluding tert-OH is 1. The Morgan fingerprint density at radius 1 is 1.00 bits per heavy atom. The first-order chi connectivity index (χ1) is 17.9. The zero-order valence-corrected chi connectivity index (χ0v) is 20.5. The van der Waals surface area contributed by atoms with Crippen LogP contribution in [0.5, 0.6) is 23.0 Å². The van der Waals surface area contributed by atoms with Gasteiger partial charge in [0, 0.05) is 18.1 Å². The number of nitriles is 1. The second-order valence-electron chi connectivity index (χ2n) is 9.00. The highest BCUT2D eigenvalue weighted by molar-refractivity contribution is 5.84. The van der Waals surface area contributed by atoms with Crippen LogP contribution in [0.25, 0.3) is 0 Å². The molecule has 5 atom stereocenters. The van der Waals surface area contributed by atoms with Crippen LogP contribution >= 0.6 is 0 Å². The van der Waals surface area contributed by atoms with Gasteiger partial charge < -0.3 is 29.2 Å². The lowest BCUT2D eigenvalue weighted by atomic mass is 9.70. The SMILES string of the molecule is COc1ccc(C23Oc4cc(OC)cc(OC)c4C2(O)C(O)C(C(=O)NC#N)C3c2ccccc2)cc1. The molecular formula is C28H26N2O7. The molecule has 1 aliphatic carbocycles. The molecule has 5 unspecified atom stereocenters. The Hall–Kier alpha value is -4.26. The van der Waals surface area contributed by atoms with Crippen molar-refractivity contribution in [1.82, 2.24) is 5.32 Å². The van der Waals surface area contributed by atoms with Crippen LogP contribution in [0.3, 0.4) is 0 Å². The van der Waals surface area contributed by atoms with Crippen LogP contribution in [0.4, 0.5) is 0 Å². The van der Waals surface area contributed by atoms with Gasteiger partial charge in [0.15, 0.2) is 17.4 Å². The Bertz CT molecular complexity index is 1370. The summed E-state index contributed by atoms with van der Waals surface area (Å²) in [5, 5.41) is 35.9. The maximum Gasteiger partial charge on any atom is 0.239 e. The van der Waals surface area contributed by atoms with Crippen molar-refractivity contribution in [3.8, 4) is 29.2 Å². The van der Waals surface area contributed by atoms with Crippen LogP contribution in [0, 0.1) is 17.4 Å². The molecule has 3 aromatic carbocycles. The highest BCUT2D eigenvalue weighted by atomic mass is 16.5. The average Bonchev–Trinajstić information content (AvgIpc) is 3.31. The summed E-state index contributed by atoms with van der Waals surface area (Å²) >= 11 is 0. The topological polar surface area (TPSA) is 130 Å². The highest BCUT2D eigenvalue weighted by Crippen LogP contribution is 2.70. The van der Waals surface area contributed by atoms with Gasteiger partial charge in [-0.15, -0.1) is 0 Å². The van der Waals surface area contributed by atoms with E-state index in [9.17, 15) is 20.3 Å². The molecule has 1 heterocycles. The molecule has 1 amide bonds. The summed E-state index contributed by atoms with van der Waals surface area (Å²) in [6.45, 7) is 0. The number of ether oxygens (including phenoxy) is 4. The van der Waals surface area contributed by atoms with Crippen molar-refractivity contribution in [1.29, 1.82) is 5.26 Å². The van der Waals surface area contributed by atoms with Gasteiger partial charge in [-0.05, 0) is 23.3 Å². The van der Waals surface area contributed by atoms with Crippen molar-refractivity contribution in [2.24, 2.45) is 5.92 Å². The van der Waals surface area contributed by atoms with Gasteiger partial charge in [0.25, 0.3) is 0 Å². The van der Waals surface area contributed by atoms with Gasteiger partial charge in [-0.2, -0.15) is 5.26 Å². The second-order valence-corrected chi connectivity index (χ2v) is 9.00. The lowest BCUT2D eigenvalue weighted by Crippen LogP contribution is -2.52. The average molecular weight is 503 g/mol. The molecule has 5 rings (SSSR count). The molecule has 0 spiro atoms. The maximum absolute atomic E-state index is 13.3. The van der Waals surface area contributed by atoms with Crippen molar-refractivity contribution >= 4 is 5.91 Å². The lowest BCUT2D eigenvalue weighted by molar-refractivity contribution is -0.154. The van der Waals surface area contributed by atoms with Crippen molar-refractivity contribution in [3.05, 3.63) is 83.4 Å². The number of rotatable bonds is 6. The molecule has 3 aromatic rings. The summed E-state index contributed by atoms with van der Waals surface area (Å²) in [6.07, 6.45) is -0.0352. The van der Waals surface area contributed by atoms with E-state index in [4.69, 9.17) is 18.9 Å².